The van der Waals surface area contributed by atoms with Crippen LogP contribution in [0.4, 0.5) is 17.1 Å². The normalized spacial score (nSPS) is 13.4. The smallest absolute Gasteiger partial charge is 0.264 e. The predicted octanol–water partition coefficient (Wildman–Crippen LogP) is 5.46. The van der Waals surface area contributed by atoms with Crippen LogP contribution in [0.5, 0.6) is 0 Å². The summed E-state index contributed by atoms with van der Waals surface area (Å²) in [6.07, 6.45) is 1.38. The number of carbonyl (C=O) groups is 2. The van der Waals surface area contributed by atoms with Crippen molar-refractivity contribution in [1.82, 2.24) is 0 Å². The van der Waals surface area contributed by atoms with Gasteiger partial charge < -0.3 is 10.2 Å². The summed E-state index contributed by atoms with van der Waals surface area (Å²) in [5.41, 5.74) is 2.61. The summed E-state index contributed by atoms with van der Waals surface area (Å²) < 4.78 is 28.9. The minimum Gasteiger partial charge on any atom is -0.322 e. The number of para-hydroxylation sites is 1. The van der Waals surface area contributed by atoms with E-state index in [0.29, 0.717) is 18.7 Å². The number of hydrogen-bond acceptors (Lipinski definition) is 4. The molecular formula is C30H27N3O4S. The van der Waals surface area contributed by atoms with E-state index in [-0.39, 0.29) is 28.6 Å². The van der Waals surface area contributed by atoms with E-state index in [0.717, 1.165) is 17.7 Å². The molecular weight excluding hydrogens is 498 g/mol. The van der Waals surface area contributed by atoms with E-state index in [4.69, 9.17) is 0 Å². The Morgan fingerprint density at radius 1 is 0.816 bits per heavy atom. The number of nitrogens with zero attached hydrogens (tertiary/aromatic N) is 2. The van der Waals surface area contributed by atoms with Gasteiger partial charge in [-0.25, -0.2) is 8.42 Å². The third-order valence-electron chi connectivity index (χ3n) is 6.43. The van der Waals surface area contributed by atoms with E-state index in [9.17, 15) is 18.0 Å². The Balaban J connectivity index is 1.47. The van der Waals surface area contributed by atoms with Gasteiger partial charge in [0.1, 0.15) is 0 Å². The van der Waals surface area contributed by atoms with E-state index in [1.807, 2.05) is 30.3 Å². The first kappa shape index (κ1) is 25.2. The molecule has 4 aromatic carbocycles. The van der Waals surface area contributed by atoms with E-state index in [2.05, 4.69) is 5.32 Å². The number of hydrogen-bond donors (Lipinski definition) is 1. The van der Waals surface area contributed by atoms with E-state index < -0.39 is 15.9 Å². The number of rotatable bonds is 8. The van der Waals surface area contributed by atoms with Gasteiger partial charge in [0, 0.05) is 24.3 Å². The lowest BCUT2D eigenvalue weighted by Crippen LogP contribution is -2.32. The molecule has 0 unspecified atom stereocenters. The van der Waals surface area contributed by atoms with Crippen LogP contribution in [0, 0.1) is 0 Å². The zero-order valence-electron chi connectivity index (χ0n) is 20.7. The molecule has 1 aliphatic rings. The van der Waals surface area contributed by atoms with Crippen LogP contribution >= 0.6 is 0 Å². The molecule has 2 amide bonds. The van der Waals surface area contributed by atoms with Crippen LogP contribution in [0.3, 0.4) is 0 Å². The Bertz CT molecular complexity index is 1540. The molecule has 1 N–H and O–H groups in total. The highest BCUT2D eigenvalue weighted by Gasteiger charge is 2.28. The molecule has 4 aromatic rings. The average Bonchev–Trinajstić information content (AvgIpc) is 3.39. The maximum absolute atomic E-state index is 13.8. The van der Waals surface area contributed by atoms with Crippen molar-refractivity contribution in [2.75, 3.05) is 21.1 Å². The van der Waals surface area contributed by atoms with Gasteiger partial charge in [-0.05, 0) is 60.5 Å². The van der Waals surface area contributed by atoms with Gasteiger partial charge in [0.15, 0.2) is 0 Å². The van der Waals surface area contributed by atoms with Crippen molar-refractivity contribution in [2.24, 2.45) is 0 Å². The highest BCUT2D eigenvalue weighted by molar-refractivity contribution is 7.92. The first-order chi connectivity index (χ1) is 18.4. The number of carbonyl (C=O) groups excluding carboxylic acids is 2. The van der Waals surface area contributed by atoms with E-state index in [1.165, 1.54) is 4.31 Å². The largest absolute Gasteiger partial charge is 0.322 e. The molecule has 0 bridgehead atoms. The molecule has 0 radical (unpaired) electrons. The summed E-state index contributed by atoms with van der Waals surface area (Å²) in [6.45, 7) is 0.742. The van der Waals surface area contributed by atoms with Crippen LogP contribution in [-0.2, 0) is 21.4 Å². The van der Waals surface area contributed by atoms with Crippen molar-refractivity contribution in [3.63, 3.8) is 0 Å². The maximum atomic E-state index is 13.8. The lowest BCUT2D eigenvalue weighted by Gasteiger charge is -2.26. The van der Waals surface area contributed by atoms with Gasteiger partial charge >= 0.3 is 0 Å². The van der Waals surface area contributed by atoms with Gasteiger partial charge in [-0.3, -0.25) is 13.9 Å². The Morgan fingerprint density at radius 3 is 2.11 bits per heavy atom. The van der Waals surface area contributed by atoms with Crippen LogP contribution in [-0.4, -0.2) is 26.8 Å². The number of anilines is 3. The molecule has 1 aliphatic heterocycles. The van der Waals surface area contributed by atoms with Gasteiger partial charge in [0.25, 0.3) is 15.9 Å². The van der Waals surface area contributed by atoms with Crippen molar-refractivity contribution < 1.29 is 18.0 Å². The third kappa shape index (κ3) is 5.31. The predicted molar refractivity (Wildman–Crippen MR) is 149 cm³/mol. The van der Waals surface area contributed by atoms with Gasteiger partial charge in [0.05, 0.1) is 22.7 Å². The summed E-state index contributed by atoms with van der Waals surface area (Å²) in [5, 5.41) is 2.87. The van der Waals surface area contributed by atoms with Gasteiger partial charge in [0.2, 0.25) is 5.91 Å². The zero-order chi connectivity index (χ0) is 26.5. The van der Waals surface area contributed by atoms with E-state index in [1.54, 1.807) is 83.8 Å². The van der Waals surface area contributed by atoms with Crippen LogP contribution in [0.1, 0.15) is 28.8 Å². The Labute approximate surface area is 222 Å². The summed E-state index contributed by atoms with van der Waals surface area (Å²) in [5.74, 6) is -0.347. The Morgan fingerprint density at radius 2 is 1.45 bits per heavy atom. The number of benzene rings is 4. The average molecular weight is 526 g/mol. The standard InChI is InChI=1S/C30H27N3O4S/c34-29-16-9-21-32(29)25-19-17-24(18-20-25)31-30(35)27-14-7-8-15-28(27)33(22-23-10-3-1-4-11-23)38(36,37)26-12-5-2-6-13-26/h1-8,10-15,17-20H,9,16,21-22H2,(H,31,35). The fraction of sp³-hybridized carbons (Fsp3) is 0.133. The second-order valence-electron chi connectivity index (χ2n) is 8.98. The number of sulfonamides is 1. The summed E-state index contributed by atoms with van der Waals surface area (Å²) in [7, 11) is -3.99. The van der Waals surface area contributed by atoms with Crippen LogP contribution < -0.4 is 14.5 Å². The fourth-order valence-corrected chi connectivity index (χ4v) is 5.99. The first-order valence-corrected chi connectivity index (χ1v) is 13.8. The van der Waals surface area contributed by atoms with Crippen LogP contribution in [0.25, 0.3) is 0 Å². The Kier molecular flexibility index (Phi) is 7.24. The van der Waals surface area contributed by atoms with Gasteiger partial charge in [-0.15, -0.1) is 0 Å². The fourth-order valence-electron chi connectivity index (χ4n) is 4.50. The lowest BCUT2D eigenvalue weighted by atomic mass is 10.1. The molecule has 8 heteroatoms. The Hall–Kier alpha value is -4.43. The molecule has 1 fully saturated rings. The van der Waals surface area contributed by atoms with Crippen LogP contribution in [0.2, 0.25) is 0 Å². The van der Waals surface area contributed by atoms with Crippen molar-refractivity contribution >= 4 is 38.9 Å². The second-order valence-corrected chi connectivity index (χ2v) is 10.8. The molecule has 0 spiro atoms. The van der Waals surface area contributed by atoms with Crippen molar-refractivity contribution in [3.05, 3.63) is 120 Å². The van der Waals surface area contributed by atoms with Crippen molar-refractivity contribution in [2.45, 2.75) is 24.3 Å². The van der Waals surface area contributed by atoms with Gasteiger partial charge in [-0.2, -0.15) is 0 Å². The third-order valence-corrected chi connectivity index (χ3v) is 8.20. The highest BCUT2D eigenvalue weighted by atomic mass is 32.2. The molecule has 5 rings (SSSR count). The molecule has 1 saturated heterocycles. The summed E-state index contributed by atoms with van der Waals surface area (Å²) >= 11 is 0. The highest BCUT2D eigenvalue weighted by Crippen LogP contribution is 2.30. The summed E-state index contributed by atoms with van der Waals surface area (Å²) in [6, 6.07) is 31.2. The minimum absolute atomic E-state index is 0.0565. The molecule has 0 aromatic heterocycles. The quantitative estimate of drug-likeness (QED) is 0.331. The lowest BCUT2D eigenvalue weighted by molar-refractivity contribution is -0.117. The van der Waals surface area contributed by atoms with Gasteiger partial charge in [-0.1, -0.05) is 60.7 Å². The topological polar surface area (TPSA) is 86.8 Å². The zero-order valence-corrected chi connectivity index (χ0v) is 21.5. The number of nitrogens with one attached hydrogen (secondary N) is 1. The molecule has 1 heterocycles. The molecule has 192 valence electrons. The van der Waals surface area contributed by atoms with Crippen molar-refractivity contribution in [1.29, 1.82) is 0 Å². The monoisotopic (exact) mass is 525 g/mol. The maximum Gasteiger partial charge on any atom is 0.264 e. The molecule has 0 atom stereocenters. The van der Waals surface area contributed by atoms with Crippen LogP contribution in [0.15, 0.2) is 114 Å². The molecule has 7 nitrogen and oxygen atoms in total. The SMILES string of the molecule is O=C(Nc1ccc(N2CCCC2=O)cc1)c1ccccc1N(Cc1ccccc1)S(=O)(=O)c1ccccc1. The van der Waals surface area contributed by atoms with Crippen molar-refractivity contribution in [3.8, 4) is 0 Å². The number of amides is 2. The summed E-state index contributed by atoms with van der Waals surface area (Å²) in [4.78, 5) is 27.4. The second kappa shape index (κ2) is 10.9. The van der Waals surface area contributed by atoms with E-state index >= 15 is 0 Å². The molecule has 0 aliphatic carbocycles. The molecule has 38 heavy (non-hydrogen) atoms. The first-order valence-electron chi connectivity index (χ1n) is 12.4. The molecule has 0 saturated carbocycles. The minimum atomic E-state index is -3.99.